The number of hydrogen-bond donors (Lipinski definition) is 1. The van der Waals surface area contributed by atoms with Crippen molar-refractivity contribution in [2.45, 2.75) is 25.7 Å². The van der Waals surface area contributed by atoms with Crippen molar-refractivity contribution in [3.63, 3.8) is 0 Å². The van der Waals surface area contributed by atoms with Gasteiger partial charge in [0.25, 0.3) is 0 Å². The number of aromatic hydroxyl groups is 1. The molecular weight excluding hydrogens is 250 g/mol. The average Bonchev–Trinajstić information content (AvgIpc) is 2.13. The van der Waals surface area contributed by atoms with Crippen LogP contribution in [-0.2, 0) is 18.8 Å². The molecule has 96 valence electrons. The molecule has 0 spiro atoms. The van der Waals surface area contributed by atoms with Gasteiger partial charge in [-0.1, -0.05) is 13.0 Å². The van der Waals surface area contributed by atoms with E-state index in [9.17, 15) is 26.3 Å². The molecule has 0 heterocycles. The Bertz CT molecular complexity index is 418. The lowest BCUT2D eigenvalue weighted by molar-refractivity contribution is -0.163. The van der Waals surface area contributed by atoms with Crippen LogP contribution in [-0.4, -0.2) is 5.11 Å². The van der Waals surface area contributed by atoms with Gasteiger partial charge in [0.05, 0.1) is 5.56 Å². The molecular formula is C10H8F6O. The average molecular weight is 258 g/mol. The second-order valence-electron chi connectivity index (χ2n) is 3.34. The van der Waals surface area contributed by atoms with Gasteiger partial charge in [-0.25, -0.2) is 0 Å². The van der Waals surface area contributed by atoms with Crippen LogP contribution in [0.2, 0.25) is 0 Å². The fraction of sp³-hybridized carbons (Fsp3) is 0.400. The molecule has 0 bridgehead atoms. The molecule has 0 aliphatic heterocycles. The number of alkyl halides is 6. The third-order valence-corrected chi connectivity index (χ3v) is 2.22. The first-order valence-electron chi connectivity index (χ1n) is 4.58. The minimum absolute atomic E-state index is 0.210. The number of aryl methyl sites for hydroxylation is 1. The zero-order valence-electron chi connectivity index (χ0n) is 8.58. The Hall–Kier alpha value is -1.40. The molecule has 0 aliphatic carbocycles. The number of phenolic OH excluding ortho intramolecular Hbond substituents is 1. The lowest BCUT2D eigenvalue weighted by Crippen LogP contribution is -2.19. The van der Waals surface area contributed by atoms with E-state index in [1.54, 1.807) is 0 Å². The number of benzene rings is 1. The Morgan fingerprint density at radius 3 is 1.76 bits per heavy atom. The fourth-order valence-corrected chi connectivity index (χ4v) is 1.54. The van der Waals surface area contributed by atoms with Crippen LogP contribution in [0.25, 0.3) is 0 Å². The number of hydrogen-bond acceptors (Lipinski definition) is 1. The Kier molecular flexibility index (Phi) is 3.31. The molecule has 0 unspecified atom stereocenters. The van der Waals surface area contributed by atoms with Gasteiger partial charge in [-0.2, -0.15) is 26.3 Å². The molecule has 1 N–H and O–H groups in total. The highest BCUT2D eigenvalue weighted by Gasteiger charge is 2.46. The van der Waals surface area contributed by atoms with Crippen molar-refractivity contribution in [3.05, 3.63) is 28.8 Å². The maximum Gasteiger partial charge on any atom is 0.420 e. The molecule has 1 nitrogen and oxygen atoms in total. The summed E-state index contributed by atoms with van der Waals surface area (Å²) >= 11 is 0. The molecule has 0 atom stereocenters. The first kappa shape index (κ1) is 13.7. The Morgan fingerprint density at radius 2 is 1.41 bits per heavy atom. The van der Waals surface area contributed by atoms with Crippen molar-refractivity contribution in [1.29, 1.82) is 0 Å². The summed E-state index contributed by atoms with van der Waals surface area (Å²) in [4.78, 5) is 0. The summed E-state index contributed by atoms with van der Waals surface area (Å²) in [6.07, 6.45) is -10.6. The molecule has 1 aromatic carbocycles. The first-order chi connectivity index (χ1) is 7.59. The minimum Gasteiger partial charge on any atom is -0.507 e. The van der Waals surface area contributed by atoms with Crippen molar-refractivity contribution in [2.75, 3.05) is 0 Å². The fourth-order valence-electron chi connectivity index (χ4n) is 1.54. The molecule has 1 rings (SSSR count). The molecule has 0 radical (unpaired) electrons. The second kappa shape index (κ2) is 4.12. The highest BCUT2D eigenvalue weighted by molar-refractivity contribution is 5.47. The Labute approximate surface area is 92.7 Å². The standard InChI is InChI=1S/C10H8F6O/c1-2-5-3-4-6(17)8(10(14,15)16)7(5)9(11,12)13/h3-4,17H,2H2,1H3. The molecule has 17 heavy (non-hydrogen) atoms. The van der Waals surface area contributed by atoms with E-state index in [2.05, 4.69) is 0 Å². The first-order valence-corrected chi connectivity index (χ1v) is 4.58. The van der Waals surface area contributed by atoms with Crippen molar-refractivity contribution in [1.82, 2.24) is 0 Å². The van der Waals surface area contributed by atoms with Crippen LogP contribution in [0.1, 0.15) is 23.6 Å². The molecule has 0 saturated heterocycles. The van der Waals surface area contributed by atoms with Crippen LogP contribution >= 0.6 is 0 Å². The second-order valence-corrected chi connectivity index (χ2v) is 3.34. The van der Waals surface area contributed by atoms with Crippen LogP contribution in [0.3, 0.4) is 0 Å². The van der Waals surface area contributed by atoms with Gasteiger partial charge in [0.15, 0.2) is 0 Å². The summed E-state index contributed by atoms with van der Waals surface area (Å²) in [5.74, 6) is -1.41. The maximum atomic E-state index is 12.6. The maximum absolute atomic E-state index is 12.6. The predicted molar refractivity (Wildman–Crippen MR) is 47.5 cm³/mol. The van der Waals surface area contributed by atoms with Gasteiger partial charge in [-0.05, 0) is 18.1 Å². The molecule has 0 aliphatic rings. The third kappa shape index (κ3) is 2.65. The predicted octanol–water partition coefficient (Wildman–Crippen LogP) is 3.99. The van der Waals surface area contributed by atoms with Crippen molar-refractivity contribution in [2.24, 2.45) is 0 Å². The van der Waals surface area contributed by atoms with Crippen LogP contribution < -0.4 is 0 Å². The van der Waals surface area contributed by atoms with Gasteiger partial charge >= 0.3 is 12.4 Å². The Balaban J connectivity index is 3.67. The molecule has 0 amide bonds. The lowest BCUT2D eigenvalue weighted by atomic mass is 9.97. The number of rotatable bonds is 1. The van der Waals surface area contributed by atoms with Gasteiger partial charge in [0.1, 0.15) is 11.3 Å². The summed E-state index contributed by atoms with van der Waals surface area (Å²) in [6.45, 7) is 1.31. The number of halogens is 6. The normalized spacial score (nSPS) is 12.9. The molecule has 0 saturated carbocycles. The summed E-state index contributed by atoms with van der Waals surface area (Å²) in [7, 11) is 0. The topological polar surface area (TPSA) is 20.2 Å². The van der Waals surface area contributed by atoms with Gasteiger partial charge < -0.3 is 5.11 Å². The van der Waals surface area contributed by atoms with Crippen molar-refractivity contribution >= 4 is 0 Å². The monoisotopic (exact) mass is 258 g/mol. The summed E-state index contributed by atoms with van der Waals surface area (Å²) in [6, 6.07) is 1.46. The van der Waals surface area contributed by atoms with Crippen LogP contribution in [0.15, 0.2) is 12.1 Å². The van der Waals surface area contributed by atoms with Crippen LogP contribution in [0, 0.1) is 0 Å². The van der Waals surface area contributed by atoms with E-state index in [1.807, 2.05) is 0 Å². The Morgan fingerprint density at radius 1 is 0.941 bits per heavy atom. The van der Waals surface area contributed by atoms with Gasteiger partial charge in [0.2, 0.25) is 0 Å². The zero-order chi connectivity index (χ0) is 13.4. The van der Waals surface area contributed by atoms with E-state index in [0.717, 1.165) is 6.07 Å². The quantitative estimate of drug-likeness (QED) is 0.755. The van der Waals surface area contributed by atoms with E-state index in [0.29, 0.717) is 6.07 Å². The minimum atomic E-state index is -5.25. The van der Waals surface area contributed by atoms with Crippen molar-refractivity contribution < 1.29 is 31.4 Å². The van der Waals surface area contributed by atoms with Crippen LogP contribution in [0.5, 0.6) is 5.75 Å². The molecule has 7 heteroatoms. The highest BCUT2D eigenvalue weighted by atomic mass is 19.4. The molecule has 0 aromatic heterocycles. The smallest absolute Gasteiger partial charge is 0.420 e. The SMILES string of the molecule is CCc1ccc(O)c(C(F)(F)F)c1C(F)(F)F. The van der Waals surface area contributed by atoms with Gasteiger partial charge in [-0.15, -0.1) is 0 Å². The lowest BCUT2D eigenvalue weighted by Gasteiger charge is -2.19. The molecule has 0 fully saturated rings. The van der Waals surface area contributed by atoms with E-state index in [-0.39, 0.29) is 6.42 Å². The van der Waals surface area contributed by atoms with E-state index in [4.69, 9.17) is 5.11 Å². The van der Waals surface area contributed by atoms with Gasteiger partial charge in [0, 0.05) is 0 Å². The summed E-state index contributed by atoms with van der Waals surface area (Å²) in [5.41, 5.74) is -4.33. The third-order valence-electron chi connectivity index (χ3n) is 2.22. The molecule has 1 aromatic rings. The largest absolute Gasteiger partial charge is 0.507 e. The summed E-state index contributed by atoms with van der Waals surface area (Å²) in [5, 5.41) is 8.99. The zero-order valence-corrected chi connectivity index (χ0v) is 8.58. The number of phenols is 1. The van der Waals surface area contributed by atoms with E-state index >= 15 is 0 Å². The van der Waals surface area contributed by atoms with Gasteiger partial charge in [-0.3, -0.25) is 0 Å². The van der Waals surface area contributed by atoms with Crippen LogP contribution in [0.4, 0.5) is 26.3 Å². The van der Waals surface area contributed by atoms with Crippen molar-refractivity contribution in [3.8, 4) is 5.75 Å². The van der Waals surface area contributed by atoms with E-state index < -0.39 is 34.8 Å². The summed E-state index contributed by atoms with van der Waals surface area (Å²) < 4.78 is 75.3. The van der Waals surface area contributed by atoms with E-state index in [1.165, 1.54) is 6.92 Å². The highest BCUT2D eigenvalue weighted by Crippen LogP contribution is 2.46.